The van der Waals surface area contributed by atoms with Crippen LogP contribution in [0.2, 0.25) is 5.02 Å². The zero-order valence-electron chi connectivity index (χ0n) is 15.1. The molecule has 0 aliphatic rings. The normalized spacial score (nSPS) is 10.4. The van der Waals surface area contributed by atoms with Crippen molar-refractivity contribution in [3.63, 3.8) is 0 Å². The molecular weight excluding hydrogens is 378 g/mol. The lowest BCUT2D eigenvalue weighted by molar-refractivity contribution is -0.116. The van der Waals surface area contributed by atoms with Crippen LogP contribution < -0.4 is 15.0 Å². The molecule has 0 fully saturated rings. The highest BCUT2D eigenvalue weighted by Gasteiger charge is 2.18. The number of methoxy groups -OCH3 is 1. The molecule has 27 heavy (non-hydrogen) atoms. The van der Waals surface area contributed by atoms with Crippen LogP contribution in [-0.2, 0) is 4.79 Å². The van der Waals surface area contributed by atoms with Crippen LogP contribution in [0.5, 0.6) is 5.75 Å². The SMILES string of the molecule is COc1cc(Cl)c(C)cc1N(CCNC(=O)c1ccc(F)c(F)c1)C(C)=O. The molecule has 0 aliphatic carbocycles. The quantitative estimate of drug-likeness (QED) is 0.809. The highest BCUT2D eigenvalue weighted by Crippen LogP contribution is 2.33. The molecule has 0 heterocycles. The van der Waals surface area contributed by atoms with Crippen LogP contribution in [0.3, 0.4) is 0 Å². The van der Waals surface area contributed by atoms with Crippen molar-refractivity contribution in [1.29, 1.82) is 0 Å². The first-order chi connectivity index (χ1) is 12.7. The summed E-state index contributed by atoms with van der Waals surface area (Å²) in [6.07, 6.45) is 0. The van der Waals surface area contributed by atoms with Gasteiger partial charge in [-0.25, -0.2) is 8.78 Å². The van der Waals surface area contributed by atoms with Gasteiger partial charge in [0.2, 0.25) is 5.91 Å². The maximum Gasteiger partial charge on any atom is 0.251 e. The predicted octanol–water partition coefficient (Wildman–Crippen LogP) is 3.72. The molecule has 0 saturated heterocycles. The van der Waals surface area contributed by atoms with Crippen LogP contribution in [0.25, 0.3) is 0 Å². The first kappa shape index (κ1) is 20.6. The third kappa shape index (κ3) is 4.95. The van der Waals surface area contributed by atoms with E-state index in [0.717, 1.165) is 17.7 Å². The average molecular weight is 397 g/mol. The van der Waals surface area contributed by atoms with E-state index in [9.17, 15) is 18.4 Å². The molecule has 0 aliphatic heterocycles. The molecule has 5 nitrogen and oxygen atoms in total. The maximum atomic E-state index is 13.2. The summed E-state index contributed by atoms with van der Waals surface area (Å²) in [6, 6.07) is 6.22. The number of aryl methyl sites for hydroxylation is 1. The van der Waals surface area contributed by atoms with Crippen molar-refractivity contribution in [2.24, 2.45) is 0 Å². The Morgan fingerprint density at radius 1 is 1.19 bits per heavy atom. The Balaban J connectivity index is 2.11. The van der Waals surface area contributed by atoms with E-state index >= 15 is 0 Å². The van der Waals surface area contributed by atoms with Crippen molar-refractivity contribution in [2.45, 2.75) is 13.8 Å². The minimum atomic E-state index is -1.10. The van der Waals surface area contributed by atoms with Gasteiger partial charge in [0.15, 0.2) is 11.6 Å². The molecule has 2 aromatic rings. The second-order valence-electron chi connectivity index (χ2n) is 5.83. The van der Waals surface area contributed by atoms with Crippen LogP contribution in [0.4, 0.5) is 14.5 Å². The molecule has 0 aromatic heterocycles. The number of carbonyl (C=O) groups is 2. The Labute approximate surface area is 160 Å². The summed E-state index contributed by atoms with van der Waals surface area (Å²) in [7, 11) is 1.47. The number of hydrogen-bond acceptors (Lipinski definition) is 3. The topological polar surface area (TPSA) is 58.6 Å². The minimum Gasteiger partial charge on any atom is -0.495 e. The summed E-state index contributed by atoms with van der Waals surface area (Å²) < 4.78 is 31.5. The van der Waals surface area contributed by atoms with E-state index in [4.69, 9.17) is 16.3 Å². The summed E-state index contributed by atoms with van der Waals surface area (Å²) >= 11 is 6.09. The number of amides is 2. The minimum absolute atomic E-state index is 0.0109. The van der Waals surface area contributed by atoms with E-state index in [-0.39, 0.29) is 24.6 Å². The Morgan fingerprint density at radius 3 is 2.48 bits per heavy atom. The van der Waals surface area contributed by atoms with Crippen molar-refractivity contribution in [2.75, 3.05) is 25.1 Å². The number of hydrogen-bond donors (Lipinski definition) is 1. The van der Waals surface area contributed by atoms with Gasteiger partial charge in [-0.05, 0) is 36.8 Å². The van der Waals surface area contributed by atoms with Crippen molar-refractivity contribution in [3.8, 4) is 5.75 Å². The van der Waals surface area contributed by atoms with Crippen LogP contribution in [0.1, 0.15) is 22.8 Å². The zero-order valence-corrected chi connectivity index (χ0v) is 15.9. The molecule has 0 spiro atoms. The van der Waals surface area contributed by atoms with Crippen LogP contribution in [0, 0.1) is 18.6 Å². The van der Waals surface area contributed by atoms with Gasteiger partial charge in [0.25, 0.3) is 5.91 Å². The Hall–Kier alpha value is -2.67. The van der Waals surface area contributed by atoms with Gasteiger partial charge in [0.05, 0.1) is 12.8 Å². The van der Waals surface area contributed by atoms with E-state index < -0.39 is 17.5 Å². The highest BCUT2D eigenvalue weighted by atomic mass is 35.5. The smallest absolute Gasteiger partial charge is 0.251 e. The summed E-state index contributed by atoms with van der Waals surface area (Å²) in [6.45, 7) is 3.44. The van der Waals surface area contributed by atoms with Gasteiger partial charge in [-0.3, -0.25) is 9.59 Å². The van der Waals surface area contributed by atoms with Gasteiger partial charge in [0.1, 0.15) is 5.75 Å². The molecule has 0 atom stereocenters. The summed E-state index contributed by atoms with van der Waals surface area (Å²) in [5.74, 6) is -2.53. The lowest BCUT2D eigenvalue weighted by Gasteiger charge is -2.24. The molecule has 144 valence electrons. The standard InChI is InChI=1S/C19H19ClF2N2O3/c1-11-8-17(18(27-3)10-14(11)20)24(12(2)25)7-6-23-19(26)13-4-5-15(21)16(22)9-13/h4-5,8-10H,6-7H2,1-3H3,(H,23,26). The van der Waals surface area contributed by atoms with Crippen molar-refractivity contribution >= 4 is 29.1 Å². The number of nitrogens with zero attached hydrogens (tertiary/aromatic N) is 1. The predicted molar refractivity (Wildman–Crippen MR) is 99.5 cm³/mol. The Bertz CT molecular complexity index is 874. The maximum absolute atomic E-state index is 13.2. The van der Waals surface area contributed by atoms with Gasteiger partial charge in [0, 0.05) is 36.7 Å². The first-order valence-electron chi connectivity index (χ1n) is 8.10. The lowest BCUT2D eigenvalue weighted by Crippen LogP contribution is -2.37. The number of ether oxygens (including phenoxy) is 1. The molecule has 2 rings (SSSR count). The second kappa shape index (κ2) is 8.81. The van der Waals surface area contributed by atoms with E-state index in [0.29, 0.717) is 16.5 Å². The van der Waals surface area contributed by atoms with E-state index in [1.807, 2.05) is 0 Å². The van der Waals surface area contributed by atoms with Gasteiger partial charge in [-0.15, -0.1) is 0 Å². The largest absolute Gasteiger partial charge is 0.495 e. The van der Waals surface area contributed by atoms with Crippen LogP contribution >= 0.6 is 11.6 Å². The Kier molecular flexibility index (Phi) is 6.74. The average Bonchev–Trinajstić information content (AvgIpc) is 2.62. The number of benzene rings is 2. The number of rotatable bonds is 6. The third-order valence-corrected chi connectivity index (χ3v) is 4.34. The summed E-state index contributed by atoms with van der Waals surface area (Å²) in [4.78, 5) is 25.6. The van der Waals surface area contributed by atoms with Crippen LogP contribution in [-0.4, -0.2) is 32.0 Å². The highest BCUT2D eigenvalue weighted by molar-refractivity contribution is 6.31. The first-order valence-corrected chi connectivity index (χ1v) is 8.48. The number of carbonyl (C=O) groups excluding carboxylic acids is 2. The molecule has 0 unspecified atom stereocenters. The number of anilines is 1. The summed E-state index contributed by atoms with van der Waals surface area (Å²) in [5.41, 5.74) is 1.28. The van der Waals surface area contributed by atoms with Gasteiger partial charge >= 0.3 is 0 Å². The van der Waals surface area contributed by atoms with Gasteiger partial charge in [-0.2, -0.15) is 0 Å². The molecule has 0 radical (unpaired) electrons. The second-order valence-corrected chi connectivity index (χ2v) is 6.24. The lowest BCUT2D eigenvalue weighted by atomic mass is 10.1. The van der Waals surface area contributed by atoms with Crippen molar-refractivity contribution in [1.82, 2.24) is 5.32 Å². The fourth-order valence-corrected chi connectivity index (χ4v) is 2.64. The molecule has 0 saturated carbocycles. The molecule has 2 aromatic carbocycles. The molecular formula is C19H19ClF2N2O3. The van der Waals surface area contributed by atoms with E-state index in [1.54, 1.807) is 19.1 Å². The van der Waals surface area contributed by atoms with Gasteiger partial charge in [-0.1, -0.05) is 11.6 Å². The molecule has 8 heteroatoms. The summed E-state index contributed by atoms with van der Waals surface area (Å²) in [5, 5.41) is 3.08. The van der Waals surface area contributed by atoms with Crippen LogP contribution in [0.15, 0.2) is 30.3 Å². The van der Waals surface area contributed by atoms with Gasteiger partial charge < -0.3 is 15.0 Å². The number of nitrogens with one attached hydrogen (secondary N) is 1. The fraction of sp³-hybridized carbons (Fsp3) is 0.263. The zero-order chi connectivity index (χ0) is 20.1. The third-order valence-electron chi connectivity index (χ3n) is 3.93. The Morgan fingerprint density at radius 2 is 1.89 bits per heavy atom. The molecule has 1 N–H and O–H groups in total. The van der Waals surface area contributed by atoms with E-state index in [2.05, 4.69) is 5.32 Å². The fourth-order valence-electron chi connectivity index (χ4n) is 2.49. The molecule has 2 amide bonds. The molecule has 0 bridgehead atoms. The number of halogens is 3. The van der Waals surface area contributed by atoms with Crippen molar-refractivity contribution < 1.29 is 23.1 Å². The van der Waals surface area contributed by atoms with Crippen molar-refractivity contribution in [3.05, 3.63) is 58.1 Å². The monoisotopic (exact) mass is 396 g/mol. The van der Waals surface area contributed by atoms with E-state index in [1.165, 1.54) is 25.0 Å².